The number of fused-ring (bicyclic) bond motifs is 2. The molecule has 4 saturated heterocycles. The Kier molecular flexibility index (Phi) is 14.6. The third-order valence-corrected chi connectivity index (χ3v) is 14.1. The molecule has 7 rings (SSSR count). The number of hydrogen-bond acceptors (Lipinski definition) is 14. The van der Waals surface area contributed by atoms with Crippen molar-refractivity contribution >= 4 is 17.8 Å². The van der Waals surface area contributed by atoms with Crippen LogP contribution in [-0.4, -0.2) is 114 Å². The van der Waals surface area contributed by atoms with E-state index in [9.17, 15) is 19.8 Å². The highest BCUT2D eigenvalue weighted by atomic mass is 16.8. The number of esters is 1. The monoisotopic (exact) mass is 869 g/mol. The molecule has 14 heteroatoms. The van der Waals surface area contributed by atoms with Gasteiger partial charge in [0.2, 0.25) is 0 Å². The number of methoxy groups -OCH3 is 1. The molecule has 7 aliphatic rings. The van der Waals surface area contributed by atoms with Gasteiger partial charge in [0.15, 0.2) is 12.1 Å². The van der Waals surface area contributed by atoms with Crippen LogP contribution in [0.1, 0.15) is 126 Å². The third-order valence-electron chi connectivity index (χ3n) is 14.1. The second-order valence-electron chi connectivity index (χ2n) is 20.0. The number of allylic oxidation sites excluding steroid dienone is 2. The van der Waals surface area contributed by atoms with E-state index in [-0.39, 0.29) is 30.4 Å². The number of hydrogen-bond donors (Lipinski definition) is 2. The zero-order valence-corrected chi connectivity index (χ0v) is 38.2. The molecule has 5 heterocycles. The van der Waals surface area contributed by atoms with Crippen molar-refractivity contribution in [3.8, 4) is 0 Å². The smallest absolute Gasteiger partial charge is 0.462 e. The van der Waals surface area contributed by atoms with E-state index in [4.69, 9.17) is 42.7 Å². The molecule has 14 nitrogen and oxygen atoms in total. The number of rotatable bonds is 5. The summed E-state index contributed by atoms with van der Waals surface area (Å²) in [5, 5.41) is 27.7. The van der Waals surface area contributed by atoms with Crippen LogP contribution in [0.2, 0.25) is 0 Å². The minimum absolute atomic E-state index is 0.0271. The molecule has 14 unspecified atom stereocenters. The lowest BCUT2D eigenvalue weighted by molar-refractivity contribution is -0.342. The lowest BCUT2D eigenvalue weighted by Crippen LogP contribution is -2.58. The van der Waals surface area contributed by atoms with Gasteiger partial charge in [-0.2, -0.15) is 0 Å². The summed E-state index contributed by atoms with van der Waals surface area (Å²) in [7, 11) is 1.58. The van der Waals surface area contributed by atoms with Crippen molar-refractivity contribution in [2.45, 2.75) is 198 Å². The summed E-state index contributed by atoms with van der Waals surface area (Å²) >= 11 is 0. The van der Waals surface area contributed by atoms with Gasteiger partial charge in [-0.1, -0.05) is 68.6 Å². The number of aliphatic hydroxyl groups excluding tert-OH is 1. The summed E-state index contributed by atoms with van der Waals surface area (Å²) in [6.45, 7) is 15.0. The van der Waals surface area contributed by atoms with Gasteiger partial charge < -0.3 is 48.1 Å². The molecule has 0 amide bonds. The zero-order chi connectivity index (χ0) is 44.6. The van der Waals surface area contributed by atoms with E-state index in [1.807, 2.05) is 32.9 Å². The van der Waals surface area contributed by atoms with Crippen LogP contribution in [0.3, 0.4) is 0 Å². The maximum atomic E-state index is 14.7. The Morgan fingerprint density at radius 1 is 1.02 bits per heavy atom. The predicted molar refractivity (Wildman–Crippen MR) is 229 cm³/mol. The molecule has 1 spiro atoms. The molecule has 5 fully saturated rings. The summed E-state index contributed by atoms with van der Waals surface area (Å²) in [4.78, 5) is 32.5. The SMILES string of the molecule is COC1CC(OC2/C(C)=C/CC3CC(CC4(CCC(C)C(C5CCCCC5)O4)O3)OC(=O)C3C=C(C)/C(=N\OC(=O)OC(C)(C)C)C4OC/C(=C\C=C\C2C)C34O)OC(C)C1O. The van der Waals surface area contributed by atoms with Gasteiger partial charge >= 0.3 is 12.1 Å². The van der Waals surface area contributed by atoms with Crippen LogP contribution in [0.15, 0.2) is 52.3 Å². The highest BCUT2D eigenvalue weighted by Gasteiger charge is 2.60. The number of oxime groups is 1. The zero-order valence-electron chi connectivity index (χ0n) is 38.2. The Morgan fingerprint density at radius 2 is 1.77 bits per heavy atom. The fourth-order valence-electron chi connectivity index (χ4n) is 10.7. The van der Waals surface area contributed by atoms with Gasteiger partial charge in [-0.15, -0.1) is 0 Å². The van der Waals surface area contributed by atoms with Crippen molar-refractivity contribution in [3.05, 3.63) is 47.1 Å². The van der Waals surface area contributed by atoms with Crippen LogP contribution in [0.4, 0.5) is 4.79 Å². The minimum atomic E-state index is -1.93. The van der Waals surface area contributed by atoms with E-state index in [1.54, 1.807) is 47.0 Å². The Labute approximate surface area is 367 Å². The van der Waals surface area contributed by atoms with Crippen molar-refractivity contribution in [1.82, 2.24) is 0 Å². The van der Waals surface area contributed by atoms with E-state index in [1.165, 1.54) is 19.3 Å². The van der Waals surface area contributed by atoms with E-state index in [0.717, 1.165) is 24.8 Å². The molecule has 0 aromatic carbocycles. The van der Waals surface area contributed by atoms with Gasteiger partial charge in [-0.05, 0) is 95.8 Å². The van der Waals surface area contributed by atoms with E-state index < -0.39 is 77.9 Å². The average Bonchev–Trinajstić information content (AvgIpc) is 3.55. The second-order valence-corrected chi connectivity index (χ2v) is 20.0. The lowest BCUT2D eigenvalue weighted by atomic mass is 9.71. The number of carbonyl (C=O) groups excluding carboxylic acids is 2. The van der Waals surface area contributed by atoms with Gasteiger partial charge in [0.05, 0.1) is 37.1 Å². The molecule has 1 saturated carbocycles. The summed E-state index contributed by atoms with van der Waals surface area (Å²) in [6.07, 6.45) is 12.7. The average molecular weight is 870 g/mol. The van der Waals surface area contributed by atoms with Crippen molar-refractivity contribution in [3.63, 3.8) is 0 Å². The molecule has 0 aromatic rings. The second kappa shape index (κ2) is 19.3. The molecule has 5 aliphatic heterocycles. The fourth-order valence-corrected chi connectivity index (χ4v) is 10.7. The van der Waals surface area contributed by atoms with Crippen LogP contribution >= 0.6 is 0 Å². The highest BCUT2D eigenvalue weighted by molar-refractivity contribution is 6.07. The molecule has 14 atom stereocenters. The first-order chi connectivity index (χ1) is 29.4. The van der Waals surface area contributed by atoms with Gasteiger partial charge in [0.25, 0.3) is 0 Å². The minimum Gasteiger partial charge on any atom is -0.462 e. The van der Waals surface area contributed by atoms with Crippen molar-refractivity contribution in [2.24, 2.45) is 28.8 Å². The lowest BCUT2D eigenvalue weighted by Gasteiger charge is -2.51. The molecule has 0 radical (unpaired) electrons. The van der Waals surface area contributed by atoms with Crippen LogP contribution in [-0.2, 0) is 47.5 Å². The van der Waals surface area contributed by atoms with Gasteiger partial charge in [0.1, 0.15) is 41.1 Å². The van der Waals surface area contributed by atoms with Crippen LogP contribution in [0.25, 0.3) is 0 Å². The third kappa shape index (κ3) is 10.3. The van der Waals surface area contributed by atoms with Crippen LogP contribution in [0.5, 0.6) is 0 Å². The molecule has 0 aromatic heterocycles. The van der Waals surface area contributed by atoms with Gasteiger partial charge in [-0.3, -0.25) is 9.63 Å². The molecule has 2 aliphatic carbocycles. The summed E-state index contributed by atoms with van der Waals surface area (Å²) in [6, 6.07) is 0. The van der Waals surface area contributed by atoms with Crippen molar-refractivity contribution in [2.75, 3.05) is 13.7 Å². The Bertz CT molecular complexity index is 1780. The first-order valence-electron chi connectivity index (χ1n) is 23.0. The predicted octanol–water partition coefficient (Wildman–Crippen LogP) is 7.55. The number of carbonyl (C=O) groups is 2. The fraction of sp³-hybridized carbons (Fsp3) is 0.771. The normalized spacial score (nSPS) is 44.0. The Hall–Kier alpha value is -2.95. The molecule has 2 N–H and O–H groups in total. The molecule has 346 valence electrons. The maximum Gasteiger partial charge on any atom is 0.535 e. The summed E-state index contributed by atoms with van der Waals surface area (Å²) < 4.78 is 50.8. The molecular weight excluding hydrogens is 799 g/mol. The van der Waals surface area contributed by atoms with E-state index >= 15 is 0 Å². The van der Waals surface area contributed by atoms with Gasteiger partial charge in [-0.25, -0.2) is 4.79 Å². The Morgan fingerprint density at radius 3 is 2.50 bits per heavy atom. The standard InChI is InChI=1S/C48H71NO13/c1-27-14-13-17-33-26-55-43-39(49-62-45(52)61-46(6,7)8)30(4)22-36(48(33,43)53)44(51)57-35-23-34(19-18-28(2)41(27)58-38-24-37(54-9)40(50)31(5)56-38)59-47(25-35)21-20-29(3)42(60-47)32-15-11-10-12-16-32/h13-14,17-18,22,27,29,31-32,34-38,40-43,50,53H,10-12,15-16,19-21,23-26H2,1-9H3/b14-13+,28-18+,33-17+,49-39+. The molecular formula is C48H71NO13. The first kappa shape index (κ1) is 47.0. The van der Waals surface area contributed by atoms with Gasteiger partial charge in [0, 0.05) is 38.7 Å². The number of aliphatic hydroxyl groups is 2. The van der Waals surface area contributed by atoms with Crippen molar-refractivity contribution < 1.29 is 62.5 Å². The quantitative estimate of drug-likeness (QED) is 0.120. The molecule has 2 bridgehead atoms. The summed E-state index contributed by atoms with van der Waals surface area (Å²) in [5.41, 5.74) is -0.694. The number of ether oxygens (including phenoxy) is 8. The first-order valence-corrected chi connectivity index (χ1v) is 23.0. The van der Waals surface area contributed by atoms with Crippen LogP contribution in [0, 0.1) is 23.7 Å². The van der Waals surface area contributed by atoms with E-state index in [0.29, 0.717) is 55.1 Å². The topological polar surface area (TPSA) is 170 Å². The maximum absolute atomic E-state index is 14.7. The Balaban J connectivity index is 1.26. The number of nitrogens with zero attached hydrogens (tertiary/aromatic N) is 1. The van der Waals surface area contributed by atoms with E-state index in [2.05, 4.69) is 18.2 Å². The van der Waals surface area contributed by atoms with Crippen LogP contribution < -0.4 is 0 Å². The van der Waals surface area contributed by atoms with Crippen molar-refractivity contribution in [1.29, 1.82) is 0 Å². The molecule has 62 heavy (non-hydrogen) atoms. The largest absolute Gasteiger partial charge is 0.535 e. The highest BCUT2D eigenvalue weighted by Crippen LogP contribution is 2.48. The summed E-state index contributed by atoms with van der Waals surface area (Å²) in [5.74, 6) is -2.08.